The molecule has 2 aliphatic rings. The van der Waals surface area contributed by atoms with Gasteiger partial charge in [0.05, 0.1) is 0 Å². The summed E-state index contributed by atoms with van der Waals surface area (Å²) >= 11 is 0. The zero-order valence-corrected chi connectivity index (χ0v) is 13.0. The third-order valence-electron chi connectivity index (χ3n) is 4.56. The molecule has 0 aromatic heterocycles. The summed E-state index contributed by atoms with van der Waals surface area (Å²) in [5, 5.41) is 5.82. The lowest BCUT2D eigenvalue weighted by atomic mass is 9.93. The van der Waals surface area contributed by atoms with Crippen molar-refractivity contribution < 1.29 is 9.59 Å². The summed E-state index contributed by atoms with van der Waals surface area (Å²) in [5.74, 6) is 1.16. The Labute approximate surface area is 131 Å². The highest BCUT2D eigenvalue weighted by molar-refractivity contribution is 5.94. The summed E-state index contributed by atoms with van der Waals surface area (Å²) in [5.41, 5.74) is 1.53. The highest BCUT2D eigenvalue weighted by Gasteiger charge is 2.39. The van der Waals surface area contributed by atoms with E-state index in [1.54, 1.807) is 0 Å². The van der Waals surface area contributed by atoms with Gasteiger partial charge in [0.1, 0.15) is 0 Å². The molecule has 1 saturated carbocycles. The number of anilines is 2. The molecule has 0 heterocycles. The number of nitrogens with one attached hydrogen (secondary N) is 2. The Kier molecular flexibility index (Phi) is 4.01. The fourth-order valence-corrected chi connectivity index (χ4v) is 3.24. The number of carbonyl (C=O) groups excluding carboxylic acids is 2. The van der Waals surface area contributed by atoms with E-state index in [0.717, 1.165) is 24.2 Å². The molecular weight excluding hydrogens is 276 g/mol. The van der Waals surface area contributed by atoms with Gasteiger partial charge in [0.25, 0.3) is 0 Å². The zero-order valence-electron chi connectivity index (χ0n) is 13.0. The molecule has 1 aromatic carbocycles. The molecule has 116 valence electrons. The number of amides is 2. The lowest BCUT2D eigenvalue weighted by Gasteiger charge is -2.17. The van der Waals surface area contributed by atoms with Crippen LogP contribution in [0.25, 0.3) is 0 Å². The molecule has 2 amide bonds. The van der Waals surface area contributed by atoms with Crippen molar-refractivity contribution in [3.8, 4) is 0 Å². The highest BCUT2D eigenvalue weighted by Crippen LogP contribution is 2.43. The summed E-state index contributed by atoms with van der Waals surface area (Å²) in [6, 6.07) is 7.29. The Hall–Kier alpha value is -2.10. The van der Waals surface area contributed by atoms with E-state index in [1.807, 2.05) is 38.1 Å². The minimum atomic E-state index is -0.0507. The van der Waals surface area contributed by atoms with Crippen molar-refractivity contribution >= 4 is 23.2 Å². The second-order valence-electron chi connectivity index (χ2n) is 6.60. The van der Waals surface area contributed by atoms with Gasteiger partial charge in [0, 0.05) is 23.2 Å². The molecule has 22 heavy (non-hydrogen) atoms. The molecule has 0 aliphatic heterocycles. The third-order valence-corrected chi connectivity index (χ3v) is 4.56. The normalized spacial score (nSPS) is 25.5. The van der Waals surface area contributed by atoms with E-state index >= 15 is 0 Å². The largest absolute Gasteiger partial charge is 0.326 e. The van der Waals surface area contributed by atoms with Crippen molar-refractivity contribution in [1.82, 2.24) is 0 Å². The van der Waals surface area contributed by atoms with E-state index in [4.69, 9.17) is 0 Å². The van der Waals surface area contributed by atoms with Crippen LogP contribution in [-0.4, -0.2) is 11.8 Å². The van der Waals surface area contributed by atoms with Crippen molar-refractivity contribution in [3.05, 3.63) is 36.4 Å². The molecule has 3 atom stereocenters. The lowest BCUT2D eigenvalue weighted by Crippen LogP contribution is -2.25. The van der Waals surface area contributed by atoms with E-state index in [-0.39, 0.29) is 23.7 Å². The number of carbonyl (C=O) groups is 2. The summed E-state index contributed by atoms with van der Waals surface area (Å²) in [7, 11) is 0. The molecule has 3 unspecified atom stereocenters. The van der Waals surface area contributed by atoms with Crippen LogP contribution in [0.4, 0.5) is 11.4 Å². The molecule has 4 heteroatoms. The van der Waals surface area contributed by atoms with Crippen LogP contribution in [0.1, 0.15) is 26.7 Å². The lowest BCUT2D eigenvalue weighted by molar-refractivity contribution is -0.120. The van der Waals surface area contributed by atoms with Gasteiger partial charge in [-0.2, -0.15) is 0 Å². The maximum absolute atomic E-state index is 12.3. The van der Waals surface area contributed by atoms with E-state index in [1.165, 1.54) is 0 Å². The van der Waals surface area contributed by atoms with Crippen LogP contribution in [-0.2, 0) is 9.59 Å². The van der Waals surface area contributed by atoms with Crippen LogP contribution in [0.15, 0.2) is 36.4 Å². The van der Waals surface area contributed by atoms with E-state index < -0.39 is 0 Å². The second-order valence-corrected chi connectivity index (χ2v) is 6.60. The fraction of sp³-hybridized carbons (Fsp3) is 0.444. The fourth-order valence-electron chi connectivity index (χ4n) is 3.24. The molecule has 1 aromatic rings. The zero-order chi connectivity index (χ0) is 15.7. The standard InChI is InChI=1S/C18H22N2O2/c1-11(2)17(21)19-14-5-7-15(8-6-14)20-18(22)16-10-12-3-4-13(16)9-12/h3-8,11-13,16H,9-10H2,1-2H3,(H,19,21)(H,20,22). The Morgan fingerprint density at radius 2 is 1.64 bits per heavy atom. The minimum Gasteiger partial charge on any atom is -0.326 e. The SMILES string of the molecule is CC(C)C(=O)Nc1ccc(NC(=O)C2CC3C=CC2C3)cc1. The number of rotatable bonds is 4. The number of hydrogen-bond acceptors (Lipinski definition) is 2. The van der Waals surface area contributed by atoms with Gasteiger partial charge in [-0.15, -0.1) is 0 Å². The minimum absolute atomic E-state index is 0.00875. The summed E-state index contributed by atoms with van der Waals surface area (Å²) in [6.07, 6.45) is 6.51. The van der Waals surface area contributed by atoms with Crippen LogP contribution >= 0.6 is 0 Å². The van der Waals surface area contributed by atoms with Gasteiger partial charge in [-0.3, -0.25) is 9.59 Å². The highest BCUT2D eigenvalue weighted by atomic mass is 16.2. The van der Waals surface area contributed by atoms with Gasteiger partial charge in [-0.1, -0.05) is 26.0 Å². The number of hydrogen-bond donors (Lipinski definition) is 2. The molecular formula is C18H22N2O2. The van der Waals surface area contributed by atoms with Gasteiger partial charge < -0.3 is 10.6 Å². The van der Waals surface area contributed by atoms with Gasteiger partial charge in [0.15, 0.2) is 0 Å². The average molecular weight is 298 g/mol. The van der Waals surface area contributed by atoms with Crippen LogP contribution in [0.5, 0.6) is 0 Å². The van der Waals surface area contributed by atoms with Gasteiger partial charge in [0.2, 0.25) is 11.8 Å². The molecule has 3 rings (SSSR count). The van der Waals surface area contributed by atoms with Crippen molar-refractivity contribution in [2.75, 3.05) is 10.6 Å². The Morgan fingerprint density at radius 1 is 1.00 bits per heavy atom. The van der Waals surface area contributed by atoms with Crippen molar-refractivity contribution in [2.45, 2.75) is 26.7 Å². The first-order chi connectivity index (χ1) is 10.5. The van der Waals surface area contributed by atoms with Crippen molar-refractivity contribution in [1.29, 1.82) is 0 Å². The maximum atomic E-state index is 12.3. The molecule has 2 bridgehead atoms. The van der Waals surface area contributed by atoms with Crippen LogP contribution < -0.4 is 10.6 Å². The summed E-state index contributed by atoms with van der Waals surface area (Å²) in [4.78, 5) is 24.0. The number of benzene rings is 1. The molecule has 0 saturated heterocycles. The maximum Gasteiger partial charge on any atom is 0.228 e. The smallest absolute Gasteiger partial charge is 0.228 e. The molecule has 4 nitrogen and oxygen atoms in total. The Balaban J connectivity index is 1.58. The van der Waals surface area contributed by atoms with Gasteiger partial charge >= 0.3 is 0 Å². The number of fused-ring (bicyclic) bond motifs is 2. The molecule has 2 N–H and O–H groups in total. The second kappa shape index (κ2) is 5.95. The Bertz CT molecular complexity index is 604. The van der Waals surface area contributed by atoms with Crippen molar-refractivity contribution in [3.63, 3.8) is 0 Å². The molecule has 1 fully saturated rings. The molecule has 0 spiro atoms. The summed E-state index contributed by atoms with van der Waals surface area (Å²) in [6.45, 7) is 3.71. The third kappa shape index (κ3) is 3.06. The first-order valence-corrected chi connectivity index (χ1v) is 7.93. The Morgan fingerprint density at radius 3 is 2.14 bits per heavy atom. The van der Waals surface area contributed by atoms with E-state index in [0.29, 0.717) is 11.8 Å². The molecule has 0 radical (unpaired) electrons. The predicted molar refractivity (Wildman–Crippen MR) is 87.4 cm³/mol. The van der Waals surface area contributed by atoms with Gasteiger partial charge in [-0.05, 0) is 48.9 Å². The summed E-state index contributed by atoms with van der Waals surface area (Å²) < 4.78 is 0. The van der Waals surface area contributed by atoms with Gasteiger partial charge in [-0.25, -0.2) is 0 Å². The van der Waals surface area contributed by atoms with Crippen LogP contribution in [0.2, 0.25) is 0 Å². The first kappa shape index (κ1) is 14.8. The van der Waals surface area contributed by atoms with Crippen LogP contribution in [0, 0.1) is 23.7 Å². The van der Waals surface area contributed by atoms with E-state index in [9.17, 15) is 9.59 Å². The molecule has 2 aliphatic carbocycles. The average Bonchev–Trinajstić information content (AvgIpc) is 3.12. The number of allylic oxidation sites excluding steroid dienone is 2. The predicted octanol–water partition coefficient (Wildman–Crippen LogP) is 3.43. The topological polar surface area (TPSA) is 58.2 Å². The monoisotopic (exact) mass is 298 g/mol. The van der Waals surface area contributed by atoms with E-state index in [2.05, 4.69) is 22.8 Å². The van der Waals surface area contributed by atoms with Crippen LogP contribution in [0.3, 0.4) is 0 Å². The quantitative estimate of drug-likeness (QED) is 0.837. The first-order valence-electron chi connectivity index (χ1n) is 7.93. The van der Waals surface area contributed by atoms with Crippen molar-refractivity contribution in [2.24, 2.45) is 23.7 Å².